The number of fused-ring (bicyclic) bond motifs is 1. The first kappa shape index (κ1) is 17.1. The van der Waals surface area contributed by atoms with Crippen LogP contribution in [0, 0.1) is 0 Å². The maximum Gasteiger partial charge on any atom is 0.262 e. The van der Waals surface area contributed by atoms with Gasteiger partial charge in [0.15, 0.2) is 5.78 Å². The lowest BCUT2D eigenvalue weighted by atomic mass is 9.92. The molecule has 2 aliphatic rings. The summed E-state index contributed by atoms with van der Waals surface area (Å²) >= 11 is 0. The van der Waals surface area contributed by atoms with Crippen LogP contribution in [0.25, 0.3) is 0 Å². The molecule has 2 aromatic carbocycles. The molecule has 27 heavy (non-hydrogen) atoms. The van der Waals surface area contributed by atoms with E-state index in [4.69, 9.17) is 0 Å². The Morgan fingerprint density at radius 1 is 0.926 bits per heavy atom. The molecule has 1 heterocycles. The lowest BCUT2D eigenvalue weighted by Crippen LogP contribution is -2.47. The summed E-state index contributed by atoms with van der Waals surface area (Å²) in [7, 11) is 0. The quantitative estimate of drug-likeness (QED) is 0.668. The van der Waals surface area contributed by atoms with Crippen LogP contribution in [0.15, 0.2) is 48.5 Å². The van der Waals surface area contributed by atoms with Gasteiger partial charge in [0.05, 0.1) is 23.6 Å². The predicted molar refractivity (Wildman–Crippen MR) is 98.4 cm³/mol. The molecule has 1 unspecified atom stereocenters. The summed E-state index contributed by atoms with van der Waals surface area (Å²) in [5.41, 5.74) is 2.42. The van der Waals surface area contributed by atoms with Crippen molar-refractivity contribution < 1.29 is 19.2 Å². The van der Waals surface area contributed by atoms with Gasteiger partial charge in [0, 0.05) is 18.7 Å². The van der Waals surface area contributed by atoms with Gasteiger partial charge in [0.2, 0.25) is 0 Å². The van der Waals surface area contributed by atoms with Gasteiger partial charge in [0.25, 0.3) is 11.8 Å². The van der Waals surface area contributed by atoms with Gasteiger partial charge in [-0.15, -0.1) is 0 Å². The first-order valence-electron chi connectivity index (χ1n) is 8.89. The third-order valence-corrected chi connectivity index (χ3v) is 5.01. The van der Waals surface area contributed by atoms with Crippen molar-refractivity contribution in [1.82, 2.24) is 4.90 Å². The Balaban J connectivity index is 1.54. The Bertz CT molecular complexity index is 952. The van der Waals surface area contributed by atoms with Crippen LogP contribution in [0.2, 0.25) is 0 Å². The van der Waals surface area contributed by atoms with Crippen molar-refractivity contribution in [2.24, 2.45) is 0 Å². The number of rotatable bonds is 4. The van der Waals surface area contributed by atoms with Crippen LogP contribution in [-0.4, -0.2) is 34.3 Å². The zero-order valence-electron chi connectivity index (χ0n) is 14.6. The number of ketones is 2. The second-order valence-electron chi connectivity index (χ2n) is 6.82. The van der Waals surface area contributed by atoms with Crippen LogP contribution in [0.3, 0.4) is 0 Å². The highest BCUT2D eigenvalue weighted by Crippen LogP contribution is 2.30. The molecule has 2 amide bonds. The number of carbonyl (C=O) groups excluding carboxylic acids is 4. The molecule has 0 radical (unpaired) electrons. The Morgan fingerprint density at radius 3 is 2.41 bits per heavy atom. The summed E-state index contributed by atoms with van der Waals surface area (Å²) in [6, 6.07) is 14.0. The summed E-state index contributed by atoms with van der Waals surface area (Å²) < 4.78 is 0. The number of anilines is 1. The van der Waals surface area contributed by atoms with E-state index in [1.54, 1.807) is 18.2 Å². The van der Waals surface area contributed by atoms with Crippen LogP contribution in [0.5, 0.6) is 0 Å². The predicted octanol–water partition coefficient (Wildman–Crippen LogP) is 2.59. The Hall–Kier alpha value is -3.28. The average Bonchev–Trinajstić information content (AvgIpc) is 2.92. The molecule has 1 fully saturated rings. The first-order chi connectivity index (χ1) is 13.0. The van der Waals surface area contributed by atoms with Crippen molar-refractivity contribution in [2.75, 3.05) is 5.32 Å². The van der Waals surface area contributed by atoms with Crippen molar-refractivity contribution >= 4 is 29.1 Å². The summed E-state index contributed by atoms with van der Waals surface area (Å²) in [4.78, 5) is 50.1. The van der Waals surface area contributed by atoms with E-state index in [2.05, 4.69) is 5.32 Å². The molecule has 1 atom stereocenters. The van der Waals surface area contributed by atoms with E-state index in [1.165, 1.54) is 0 Å². The second kappa shape index (κ2) is 6.79. The minimum absolute atomic E-state index is 0.139. The number of Topliss-reactive ketones (excluding diaryl/α,β-unsaturated/α-hetero) is 2. The van der Waals surface area contributed by atoms with Crippen molar-refractivity contribution in [1.29, 1.82) is 0 Å². The molecule has 1 saturated carbocycles. The van der Waals surface area contributed by atoms with Gasteiger partial charge in [-0.1, -0.05) is 30.3 Å². The van der Waals surface area contributed by atoms with Crippen molar-refractivity contribution in [3.63, 3.8) is 0 Å². The first-order valence-corrected chi connectivity index (χ1v) is 8.89. The topological polar surface area (TPSA) is 83.6 Å². The number of benzene rings is 2. The van der Waals surface area contributed by atoms with E-state index in [-0.39, 0.29) is 30.8 Å². The van der Waals surface area contributed by atoms with Gasteiger partial charge in [-0.2, -0.15) is 0 Å². The summed E-state index contributed by atoms with van der Waals surface area (Å²) in [5, 5.41) is 3.24. The lowest BCUT2D eigenvalue weighted by molar-refractivity contribution is -0.132. The van der Waals surface area contributed by atoms with Gasteiger partial charge in [0.1, 0.15) is 5.78 Å². The number of hydrogen-bond donors (Lipinski definition) is 1. The summed E-state index contributed by atoms with van der Waals surface area (Å²) in [6.45, 7) is 0.592. The Morgan fingerprint density at radius 2 is 1.67 bits per heavy atom. The molecule has 2 aromatic rings. The lowest BCUT2D eigenvalue weighted by Gasteiger charge is -2.27. The summed E-state index contributed by atoms with van der Waals surface area (Å²) in [6.07, 6.45) is 0.220. The highest BCUT2D eigenvalue weighted by Gasteiger charge is 2.44. The molecule has 136 valence electrons. The van der Waals surface area contributed by atoms with E-state index in [0.717, 1.165) is 16.2 Å². The number of nitrogens with one attached hydrogen (secondary N) is 1. The van der Waals surface area contributed by atoms with E-state index >= 15 is 0 Å². The van der Waals surface area contributed by atoms with Gasteiger partial charge in [-0.05, 0) is 30.2 Å². The minimum Gasteiger partial charge on any atom is -0.381 e. The molecule has 6 heteroatoms. The minimum atomic E-state index is -0.837. The smallest absolute Gasteiger partial charge is 0.262 e. The number of carbonyl (C=O) groups is 4. The largest absolute Gasteiger partial charge is 0.381 e. The molecule has 1 aliphatic heterocycles. The van der Waals surface area contributed by atoms with Crippen molar-refractivity contribution in [3.8, 4) is 0 Å². The fourth-order valence-corrected chi connectivity index (χ4v) is 3.58. The number of imide groups is 1. The molecule has 4 rings (SSSR count). The number of hydrogen-bond acceptors (Lipinski definition) is 5. The zero-order valence-corrected chi connectivity index (χ0v) is 14.6. The molecule has 0 spiro atoms. The van der Waals surface area contributed by atoms with Crippen LogP contribution in [0.1, 0.15) is 45.5 Å². The van der Waals surface area contributed by atoms with E-state index in [1.807, 2.05) is 30.3 Å². The fraction of sp³-hybridized carbons (Fsp3) is 0.238. The number of nitrogens with zero attached hydrogens (tertiary/aromatic N) is 1. The fourth-order valence-electron chi connectivity index (χ4n) is 3.58. The molecule has 0 bridgehead atoms. The molecular formula is C21H18N2O4. The van der Waals surface area contributed by atoms with Crippen LogP contribution in [-0.2, 0) is 16.1 Å². The second-order valence-corrected chi connectivity index (χ2v) is 6.82. The maximum absolute atomic E-state index is 12.8. The maximum atomic E-state index is 12.8. The SMILES string of the molecule is O=C1CCC(N2C(=O)c3ccc(NCc4ccccc4)cc3C2=O)C(=O)C1. The monoisotopic (exact) mass is 362 g/mol. The third-order valence-electron chi connectivity index (χ3n) is 5.01. The molecule has 1 aliphatic carbocycles. The van der Waals surface area contributed by atoms with Crippen LogP contribution < -0.4 is 5.32 Å². The standard InChI is InChI=1S/C21H18N2O4/c24-15-7-9-18(19(25)11-15)23-20(26)16-8-6-14(10-17(16)21(23)27)22-12-13-4-2-1-3-5-13/h1-6,8,10,18,22H,7,9,11-12H2. The highest BCUT2D eigenvalue weighted by molar-refractivity contribution is 6.24. The van der Waals surface area contributed by atoms with Crippen LogP contribution >= 0.6 is 0 Å². The molecular weight excluding hydrogens is 344 g/mol. The molecule has 6 nitrogen and oxygen atoms in total. The van der Waals surface area contributed by atoms with Gasteiger partial charge >= 0.3 is 0 Å². The Kier molecular flexibility index (Phi) is 4.32. The van der Waals surface area contributed by atoms with Crippen molar-refractivity contribution in [2.45, 2.75) is 31.8 Å². The Labute approximate surface area is 156 Å². The zero-order chi connectivity index (χ0) is 19.0. The van der Waals surface area contributed by atoms with Gasteiger partial charge in [-0.3, -0.25) is 24.1 Å². The summed E-state index contributed by atoms with van der Waals surface area (Å²) in [5.74, 6) is -1.42. The van der Waals surface area contributed by atoms with Crippen molar-refractivity contribution in [3.05, 3.63) is 65.2 Å². The van der Waals surface area contributed by atoms with E-state index in [9.17, 15) is 19.2 Å². The molecule has 0 aromatic heterocycles. The third kappa shape index (κ3) is 3.14. The van der Waals surface area contributed by atoms with Gasteiger partial charge in [-0.25, -0.2) is 0 Å². The highest BCUT2D eigenvalue weighted by atomic mass is 16.2. The average molecular weight is 362 g/mol. The van der Waals surface area contributed by atoms with Crippen LogP contribution in [0.4, 0.5) is 5.69 Å². The number of amides is 2. The van der Waals surface area contributed by atoms with E-state index < -0.39 is 17.9 Å². The normalized spacial score (nSPS) is 19.4. The van der Waals surface area contributed by atoms with E-state index in [0.29, 0.717) is 17.7 Å². The molecule has 1 N–H and O–H groups in total. The van der Waals surface area contributed by atoms with Gasteiger partial charge < -0.3 is 5.32 Å². The molecule has 0 saturated heterocycles.